The van der Waals surface area contributed by atoms with Crippen LogP contribution < -0.4 is 4.72 Å². The van der Waals surface area contributed by atoms with Crippen LogP contribution in [0.15, 0.2) is 41.4 Å². The number of nitrogens with one attached hydrogen (secondary N) is 1. The summed E-state index contributed by atoms with van der Waals surface area (Å²) in [6, 6.07) is 6.56. The minimum Gasteiger partial charge on any atom is -0.263 e. The highest BCUT2D eigenvalue weighted by Crippen LogP contribution is 2.33. The number of hydrogen-bond donors (Lipinski definition) is 1. The lowest BCUT2D eigenvalue weighted by molar-refractivity contribution is -0.137. The van der Waals surface area contributed by atoms with Gasteiger partial charge in [0.05, 0.1) is 22.1 Å². The molecule has 0 aliphatic heterocycles. The molecule has 0 saturated carbocycles. The summed E-state index contributed by atoms with van der Waals surface area (Å²) in [6.07, 6.45) is -3.42. The minimum absolute atomic E-state index is 0.0199. The van der Waals surface area contributed by atoms with Gasteiger partial charge >= 0.3 is 6.18 Å². The number of nitriles is 1. The Kier molecular flexibility index (Phi) is 4.29. The third-order valence-corrected chi connectivity index (χ3v) is 4.23. The van der Waals surface area contributed by atoms with Crippen LogP contribution >= 0.6 is 0 Å². The summed E-state index contributed by atoms with van der Waals surface area (Å²) in [6.45, 7) is 1.75. The van der Waals surface area contributed by atoms with Crippen molar-refractivity contribution in [3.8, 4) is 6.07 Å². The van der Waals surface area contributed by atoms with Crippen molar-refractivity contribution >= 4 is 15.8 Å². The van der Waals surface area contributed by atoms with Gasteiger partial charge in [-0.05, 0) is 36.8 Å². The van der Waals surface area contributed by atoms with E-state index in [0.29, 0.717) is 6.07 Å². The van der Waals surface area contributed by atoms with Crippen LogP contribution in [0.5, 0.6) is 0 Å². The van der Waals surface area contributed by atoms with Gasteiger partial charge in [-0.15, -0.1) is 0 Å². The maximum absolute atomic E-state index is 12.9. The molecule has 0 fully saturated rings. The van der Waals surface area contributed by atoms with Crippen molar-refractivity contribution in [1.82, 2.24) is 4.98 Å². The average molecular weight is 341 g/mol. The van der Waals surface area contributed by atoms with Crippen molar-refractivity contribution in [1.29, 1.82) is 5.26 Å². The molecule has 9 heteroatoms. The van der Waals surface area contributed by atoms with Crippen LogP contribution in [0.1, 0.15) is 16.7 Å². The number of aromatic nitrogens is 1. The number of benzene rings is 1. The molecule has 1 heterocycles. The molecule has 23 heavy (non-hydrogen) atoms. The van der Waals surface area contributed by atoms with Crippen LogP contribution in [0.3, 0.4) is 0 Å². The quantitative estimate of drug-likeness (QED) is 0.930. The SMILES string of the molecule is Cc1ccc(NS(=O)(=O)c2ccc(C#N)c(C(F)(F)F)c2)nc1. The Morgan fingerprint density at radius 2 is 1.91 bits per heavy atom. The molecule has 120 valence electrons. The topological polar surface area (TPSA) is 82.9 Å². The summed E-state index contributed by atoms with van der Waals surface area (Å²) in [5, 5.41) is 8.71. The molecule has 0 saturated heterocycles. The average Bonchev–Trinajstić information content (AvgIpc) is 2.48. The van der Waals surface area contributed by atoms with E-state index < -0.39 is 32.2 Å². The fraction of sp³-hybridized carbons (Fsp3) is 0.143. The van der Waals surface area contributed by atoms with Crippen molar-refractivity contribution in [2.45, 2.75) is 18.0 Å². The zero-order valence-corrected chi connectivity index (χ0v) is 12.5. The Balaban J connectivity index is 2.44. The van der Waals surface area contributed by atoms with Crippen molar-refractivity contribution in [2.24, 2.45) is 0 Å². The summed E-state index contributed by atoms with van der Waals surface area (Å²) < 4.78 is 65.1. The van der Waals surface area contributed by atoms with E-state index >= 15 is 0 Å². The molecule has 1 aromatic carbocycles. The largest absolute Gasteiger partial charge is 0.417 e. The minimum atomic E-state index is -4.83. The molecule has 1 aromatic heterocycles. The molecule has 2 aromatic rings. The van der Waals surface area contributed by atoms with Gasteiger partial charge in [-0.25, -0.2) is 13.4 Å². The van der Waals surface area contributed by atoms with E-state index in [4.69, 9.17) is 5.26 Å². The van der Waals surface area contributed by atoms with Crippen LogP contribution in [0, 0.1) is 18.3 Å². The highest BCUT2D eigenvalue weighted by atomic mass is 32.2. The van der Waals surface area contributed by atoms with Gasteiger partial charge in [0.1, 0.15) is 5.82 Å². The maximum atomic E-state index is 12.9. The molecule has 0 radical (unpaired) electrons. The zero-order valence-electron chi connectivity index (χ0n) is 11.7. The predicted molar refractivity (Wildman–Crippen MR) is 75.9 cm³/mol. The molecule has 0 unspecified atom stereocenters. The number of halogens is 3. The smallest absolute Gasteiger partial charge is 0.263 e. The van der Waals surface area contributed by atoms with Crippen LogP contribution in [0.4, 0.5) is 19.0 Å². The van der Waals surface area contributed by atoms with E-state index in [1.807, 2.05) is 0 Å². The normalized spacial score (nSPS) is 11.8. The second kappa shape index (κ2) is 5.89. The Bertz CT molecular complexity index is 870. The number of anilines is 1. The van der Waals surface area contributed by atoms with Crippen LogP contribution in [-0.2, 0) is 16.2 Å². The summed E-state index contributed by atoms with van der Waals surface area (Å²) in [5.74, 6) is -0.0199. The van der Waals surface area contributed by atoms with Crippen LogP contribution in [0.25, 0.3) is 0 Å². The van der Waals surface area contributed by atoms with E-state index in [9.17, 15) is 21.6 Å². The van der Waals surface area contributed by atoms with E-state index in [0.717, 1.165) is 17.7 Å². The lowest BCUT2D eigenvalue weighted by atomic mass is 10.1. The third kappa shape index (κ3) is 3.78. The molecule has 5 nitrogen and oxygen atoms in total. The lowest BCUT2D eigenvalue weighted by Gasteiger charge is -2.12. The molecular weight excluding hydrogens is 331 g/mol. The van der Waals surface area contributed by atoms with Gasteiger partial charge < -0.3 is 0 Å². The predicted octanol–water partition coefficient (Wildman–Crippen LogP) is 3.08. The van der Waals surface area contributed by atoms with Crippen LogP contribution in [0.2, 0.25) is 0 Å². The lowest BCUT2D eigenvalue weighted by Crippen LogP contribution is -2.16. The van der Waals surface area contributed by atoms with Gasteiger partial charge in [0.15, 0.2) is 0 Å². The van der Waals surface area contributed by atoms with E-state index in [1.54, 1.807) is 13.0 Å². The van der Waals surface area contributed by atoms with Crippen molar-refractivity contribution in [3.05, 3.63) is 53.2 Å². The van der Waals surface area contributed by atoms with E-state index in [-0.39, 0.29) is 5.82 Å². The second-order valence-corrected chi connectivity index (χ2v) is 6.33. The standard InChI is InChI=1S/C14H10F3N3O2S/c1-9-2-5-13(19-8-9)20-23(21,22)11-4-3-10(7-18)12(6-11)14(15,16)17/h2-6,8H,1H3,(H,19,20). The number of hydrogen-bond acceptors (Lipinski definition) is 4. The number of aryl methyl sites for hydroxylation is 1. The summed E-state index contributed by atoms with van der Waals surface area (Å²) in [4.78, 5) is 3.22. The second-order valence-electron chi connectivity index (χ2n) is 4.64. The number of pyridine rings is 1. The molecule has 0 aliphatic rings. The first kappa shape index (κ1) is 16.8. The summed E-state index contributed by atoms with van der Waals surface area (Å²) >= 11 is 0. The van der Waals surface area contributed by atoms with E-state index in [1.165, 1.54) is 18.3 Å². The fourth-order valence-electron chi connectivity index (χ4n) is 1.75. The molecule has 0 aliphatic carbocycles. The molecule has 2 rings (SSSR count). The Hall–Kier alpha value is -2.60. The van der Waals surface area contributed by atoms with Crippen molar-refractivity contribution in [3.63, 3.8) is 0 Å². The highest BCUT2D eigenvalue weighted by molar-refractivity contribution is 7.92. The first-order valence-corrected chi connectivity index (χ1v) is 7.68. The van der Waals surface area contributed by atoms with Crippen molar-refractivity contribution < 1.29 is 21.6 Å². The monoisotopic (exact) mass is 341 g/mol. The molecule has 1 N–H and O–H groups in total. The van der Waals surface area contributed by atoms with Gasteiger partial charge in [-0.1, -0.05) is 6.07 Å². The number of sulfonamides is 1. The molecule has 0 spiro atoms. The third-order valence-electron chi connectivity index (χ3n) is 2.88. The highest BCUT2D eigenvalue weighted by Gasteiger charge is 2.35. The fourth-order valence-corrected chi connectivity index (χ4v) is 2.78. The molecule has 0 amide bonds. The van der Waals surface area contributed by atoms with Gasteiger partial charge in [-0.3, -0.25) is 4.72 Å². The van der Waals surface area contributed by atoms with Gasteiger partial charge in [0.25, 0.3) is 10.0 Å². The molecule has 0 bridgehead atoms. The van der Waals surface area contributed by atoms with Crippen molar-refractivity contribution in [2.75, 3.05) is 4.72 Å². The Morgan fingerprint density at radius 3 is 2.43 bits per heavy atom. The summed E-state index contributed by atoms with van der Waals surface area (Å²) in [5.41, 5.74) is -1.16. The van der Waals surface area contributed by atoms with Gasteiger partial charge in [-0.2, -0.15) is 18.4 Å². The molecule has 0 atom stereocenters. The zero-order chi connectivity index (χ0) is 17.3. The van der Waals surface area contributed by atoms with Crippen LogP contribution in [-0.4, -0.2) is 13.4 Å². The number of alkyl halides is 3. The van der Waals surface area contributed by atoms with E-state index in [2.05, 4.69) is 9.71 Å². The first-order chi connectivity index (χ1) is 10.6. The number of nitrogens with zero attached hydrogens (tertiary/aromatic N) is 2. The maximum Gasteiger partial charge on any atom is 0.417 e. The molecular formula is C14H10F3N3O2S. The van der Waals surface area contributed by atoms with Gasteiger partial charge in [0.2, 0.25) is 0 Å². The number of rotatable bonds is 3. The Labute approximate surface area is 130 Å². The van der Waals surface area contributed by atoms with Gasteiger partial charge in [0, 0.05) is 6.20 Å². The first-order valence-electron chi connectivity index (χ1n) is 6.20. The Morgan fingerprint density at radius 1 is 1.22 bits per heavy atom. The summed E-state index contributed by atoms with van der Waals surface area (Å²) in [7, 11) is -4.26.